The van der Waals surface area contributed by atoms with Crippen molar-refractivity contribution in [3.05, 3.63) is 48.0 Å². The number of unbranched alkanes of at least 4 members (excludes halogenated alkanes) is 1. The Balaban J connectivity index is 1.68. The Morgan fingerprint density at radius 3 is 2.48 bits per heavy atom. The van der Waals surface area contributed by atoms with E-state index >= 15 is 0 Å². The highest BCUT2D eigenvalue weighted by Gasteiger charge is 2.55. The smallest absolute Gasteiger partial charge is 0.0241 e. The standard InChI is InChI=1S/C22H35N/c1-4-18-22(23(5-2)6-3)19-21(22)17-13-8-7-10-14-20-15-11-9-12-16-20/h7,9-12,15-16,21H,4-6,8,13-14,17-19H2,1-3H3/b10-7+/t21-,22+/m1/s1. The van der Waals surface area contributed by atoms with Crippen LogP contribution in [0.1, 0.15) is 64.9 Å². The average Bonchev–Trinajstić information content (AvgIpc) is 3.27. The lowest BCUT2D eigenvalue weighted by Gasteiger charge is -2.31. The van der Waals surface area contributed by atoms with Crippen LogP contribution in [0.15, 0.2) is 42.5 Å². The number of allylic oxidation sites excluding steroid dienone is 2. The van der Waals surface area contributed by atoms with Crippen LogP contribution in [-0.2, 0) is 6.42 Å². The molecule has 0 spiro atoms. The molecule has 0 N–H and O–H groups in total. The zero-order valence-corrected chi connectivity index (χ0v) is 15.4. The molecule has 0 amide bonds. The second-order valence-electron chi connectivity index (χ2n) is 7.02. The van der Waals surface area contributed by atoms with E-state index in [9.17, 15) is 0 Å². The fourth-order valence-electron chi connectivity index (χ4n) is 4.31. The van der Waals surface area contributed by atoms with Crippen LogP contribution in [0.4, 0.5) is 0 Å². The van der Waals surface area contributed by atoms with Crippen LogP contribution < -0.4 is 0 Å². The van der Waals surface area contributed by atoms with Crippen molar-refractivity contribution in [1.82, 2.24) is 4.90 Å². The third kappa shape index (κ3) is 4.94. The Bertz CT molecular complexity index is 460. The summed E-state index contributed by atoms with van der Waals surface area (Å²) in [6.07, 6.45) is 14.0. The van der Waals surface area contributed by atoms with E-state index in [1.54, 1.807) is 0 Å². The van der Waals surface area contributed by atoms with E-state index in [-0.39, 0.29) is 0 Å². The zero-order valence-electron chi connectivity index (χ0n) is 15.4. The first-order valence-corrected chi connectivity index (χ1v) is 9.70. The largest absolute Gasteiger partial charge is 0.298 e. The third-order valence-corrected chi connectivity index (χ3v) is 5.56. The number of benzene rings is 1. The van der Waals surface area contributed by atoms with Crippen LogP contribution in [0, 0.1) is 5.92 Å². The molecule has 0 unspecified atom stereocenters. The van der Waals surface area contributed by atoms with Crippen molar-refractivity contribution < 1.29 is 0 Å². The fourth-order valence-corrected chi connectivity index (χ4v) is 4.31. The van der Waals surface area contributed by atoms with Crippen molar-refractivity contribution in [2.45, 2.75) is 71.3 Å². The van der Waals surface area contributed by atoms with E-state index in [0.29, 0.717) is 5.54 Å². The zero-order chi connectivity index (χ0) is 16.5. The minimum Gasteiger partial charge on any atom is -0.298 e. The van der Waals surface area contributed by atoms with E-state index in [0.717, 1.165) is 12.3 Å². The SMILES string of the molecule is CCC[C@]1(N(CC)CC)C[C@H]1CCC/C=C/Cc1ccccc1. The molecular weight excluding hydrogens is 278 g/mol. The molecular formula is C22H35N. The lowest BCUT2D eigenvalue weighted by atomic mass is 10.0. The molecule has 0 aromatic heterocycles. The normalized spacial score (nSPS) is 23.7. The maximum Gasteiger partial charge on any atom is 0.0241 e. The molecule has 128 valence electrons. The van der Waals surface area contributed by atoms with Crippen molar-refractivity contribution in [2.24, 2.45) is 5.92 Å². The van der Waals surface area contributed by atoms with Crippen molar-refractivity contribution >= 4 is 0 Å². The lowest BCUT2D eigenvalue weighted by Crippen LogP contribution is -2.38. The van der Waals surface area contributed by atoms with Gasteiger partial charge < -0.3 is 0 Å². The van der Waals surface area contributed by atoms with Crippen LogP contribution in [0.2, 0.25) is 0 Å². The monoisotopic (exact) mass is 313 g/mol. The summed E-state index contributed by atoms with van der Waals surface area (Å²) in [5, 5.41) is 0. The van der Waals surface area contributed by atoms with Crippen LogP contribution in [-0.4, -0.2) is 23.5 Å². The predicted molar refractivity (Wildman–Crippen MR) is 102 cm³/mol. The Morgan fingerprint density at radius 2 is 1.83 bits per heavy atom. The number of rotatable bonds is 11. The molecule has 1 aliphatic carbocycles. The third-order valence-electron chi connectivity index (χ3n) is 5.56. The van der Waals surface area contributed by atoms with Crippen LogP contribution in [0.25, 0.3) is 0 Å². The van der Waals surface area contributed by atoms with Crippen molar-refractivity contribution in [2.75, 3.05) is 13.1 Å². The quantitative estimate of drug-likeness (QED) is 0.365. The first-order chi connectivity index (χ1) is 11.3. The van der Waals surface area contributed by atoms with Gasteiger partial charge in [-0.15, -0.1) is 0 Å². The van der Waals surface area contributed by atoms with Gasteiger partial charge in [-0.2, -0.15) is 0 Å². The Labute approximate surface area is 143 Å². The highest BCUT2D eigenvalue weighted by Crippen LogP contribution is 2.54. The van der Waals surface area contributed by atoms with E-state index in [1.165, 1.54) is 57.2 Å². The maximum atomic E-state index is 2.73. The summed E-state index contributed by atoms with van der Waals surface area (Å²) >= 11 is 0. The van der Waals surface area contributed by atoms with Gasteiger partial charge in [0.15, 0.2) is 0 Å². The fraction of sp³-hybridized carbons (Fsp3) is 0.636. The van der Waals surface area contributed by atoms with Crippen molar-refractivity contribution in [3.8, 4) is 0 Å². The second kappa shape index (κ2) is 9.27. The van der Waals surface area contributed by atoms with Gasteiger partial charge in [0, 0.05) is 5.54 Å². The van der Waals surface area contributed by atoms with Crippen LogP contribution >= 0.6 is 0 Å². The summed E-state index contributed by atoms with van der Waals surface area (Å²) in [6.45, 7) is 9.41. The molecule has 1 heteroatoms. The van der Waals surface area contributed by atoms with Gasteiger partial charge in [0.25, 0.3) is 0 Å². The van der Waals surface area contributed by atoms with Gasteiger partial charge in [0.1, 0.15) is 0 Å². The summed E-state index contributed by atoms with van der Waals surface area (Å²) in [5.74, 6) is 0.949. The molecule has 0 radical (unpaired) electrons. The molecule has 1 saturated carbocycles. The topological polar surface area (TPSA) is 3.24 Å². The molecule has 0 saturated heterocycles. The molecule has 0 heterocycles. The van der Waals surface area contributed by atoms with Gasteiger partial charge >= 0.3 is 0 Å². The first kappa shape index (κ1) is 18.3. The van der Waals surface area contributed by atoms with Gasteiger partial charge in [-0.3, -0.25) is 4.90 Å². The summed E-state index contributed by atoms with van der Waals surface area (Å²) in [4.78, 5) is 2.73. The number of hydrogen-bond donors (Lipinski definition) is 0. The molecule has 0 bridgehead atoms. The van der Waals surface area contributed by atoms with E-state index in [1.807, 2.05) is 0 Å². The highest BCUT2D eigenvalue weighted by atomic mass is 15.2. The number of nitrogens with zero attached hydrogens (tertiary/aromatic N) is 1. The predicted octanol–water partition coefficient (Wildman–Crippen LogP) is 5.86. The van der Waals surface area contributed by atoms with Crippen molar-refractivity contribution in [3.63, 3.8) is 0 Å². The molecule has 1 nitrogen and oxygen atoms in total. The minimum absolute atomic E-state index is 0.562. The summed E-state index contributed by atoms with van der Waals surface area (Å²) in [6, 6.07) is 10.7. The molecule has 1 fully saturated rings. The van der Waals surface area contributed by atoms with Crippen LogP contribution in [0.5, 0.6) is 0 Å². The Kier molecular flexibility index (Phi) is 7.36. The molecule has 0 aliphatic heterocycles. The molecule has 2 atom stereocenters. The second-order valence-corrected chi connectivity index (χ2v) is 7.02. The van der Waals surface area contributed by atoms with Gasteiger partial charge in [-0.1, -0.05) is 69.7 Å². The average molecular weight is 314 g/mol. The Hall–Kier alpha value is -1.08. The van der Waals surface area contributed by atoms with Gasteiger partial charge in [0.05, 0.1) is 0 Å². The van der Waals surface area contributed by atoms with Gasteiger partial charge in [-0.25, -0.2) is 0 Å². The highest BCUT2D eigenvalue weighted by molar-refractivity contribution is 5.17. The minimum atomic E-state index is 0.562. The summed E-state index contributed by atoms with van der Waals surface area (Å²) in [5.41, 5.74) is 1.97. The van der Waals surface area contributed by atoms with E-state index in [2.05, 4.69) is 68.2 Å². The first-order valence-electron chi connectivity index (χ1n) is 9.70. The van der Waals surface area contributed by atoms with Gasteiger partial charge in [0.2, 0.25) is 0 Å². The van der Waals surface area contributed by atoms with Crippen LogP contribution in [0.3, 0.4) is 0 Å². The summed E-state index contributed by atoms with van der Waals surface area (Å²) in [7, 11) is 0. The number of hydrogen-bond acceptors (Lipinski definition) is 1. The lowest BCUT2D eigenvalue weighted by molar-refractivity contribution is 0.165. The van der Waals surface area contributed by atoms with E-state index < -0.39 is 0 Å². The molecule has 1 aromatic rings. The molecule has 1 aromatic carbocycles. The van der Waals surface area contributed by atoms with Gasteiger partial charge in [-0.05, 0) is 63.1 Å². The molecule has 23 heavy (non-hydrogen) atoms. The molecule has 1 aliphatic rings. The van der Waals surface area contributed by atoms with Crippen molar-refractivity contribution in [1.29, 1.82) is 0 Å². The maximum absolute atomic E-state index is 2.73. The Morgan fingerprint density at radius 1 is 1.09 bits per heavy atom. The summed E-state index contributed by atoms with van der Waals surface area (Å²) < 4.78 is 0. The van der Waals surface area contributed by atoms with E-state index in [4.69, 9.17) is 0 Å². The molecule has 2 rings (SSSR count).